The molecule has 0 spiro atoms. The van der Waals surface area contributed by atoms with Crippen LogP contribution in [0.2, 0.25) is 0 Å². The highest BCUT2D eigenvalue weighted by Gasteiger charge is 2.20. The van der Waals surface area contributed by atoms with Gasteiger partial charge in [0.15, 0.2) is 11.5 Å². The van der Waals surface area contributed by atoms with E-state index < -0.39 is 0 Å². The van der Waals surface area contributed by atoms with Crippen molar-refractivity contribution in [3.8, 4) is 11.3 Å². The second kappa shape index (κ2) is 7.36. The minimum absolute atomic E-state index is 0.0533. The van der Waals surface area contributed by atoms with E-state index in [1.54, 1.807) is 12.3 Å². The molecule has 3 rings (SSSR count). The first kappa shape index (κ1) is 17.0. The maximum atomic E-state index is 12.4. The van der Waals surface area contributed by atoms with Crippen molar-refractivity contribution in [3.05, 3.63) is 65.7 Å². The number of nitrogens with one attached hydrogen (secondary N) is 1. The molecule has 3 aromatic rings. The standard InChI is InChI=1S/C19H21N3O3/c1-13-6-8-14(9-7-13)18-11-15(21-25-18)19(23)20-12-16(22(2)3)17-5-4-10-24-17/h4-11,16H,12H2,1-3H3,(H,20,23). The Balaban J connectivity index is 1.66. The van der Waals surface area contributed by atoms with Crippen LogP contribution in [0, 0.1) is 6.92 Å². The first-order valence-electron chi connectivity index (χ1n) is 8.06. The highest BCUT2D eigenvalue weighted by atomic mass is 16.5. The van der Waals surface area contributed by atoms with E-state index in [-0.39, 0.29) is 17.6 Å². The quantitative estimate of drug-likeness (QED) is 0.746. The molecule has 0 saturated heterocycles. The first-order chi connectivity index (χ1) is 12.0. The number of likely N-dealkylation sites (N-methyl/N-ethyl adjacent to an activating group) is 1. The summed E-state index contributed by atoms with van der Waals surface area (Å²) in [4.78, 5) is 14.3. The van der Waals surface area contributed by atoms with Gasteiger partial charge < -0.3 is 14.3 Å². The molecule has 1 amide bonds. The summed E-state index contributed by atoms with van der Waals surface area (Å²) in [7, 11) is 3.87. The number of carbonyl (C=O) groups is 1. The van der Waals surface area contributed by atoms with Crippen LogP contribution in [-0.4, -0.2) is 36.6 Å². The van der Waals surface area contributed by atoms with Gasteiger partial charge in [-0.25, -0.2) is 0 Å². The third kappa shape index (κ3) is 3.97. The summed E-state index contributed by atoms with van der Waals surface area (Å²) in [6.07, 6.45) is 1.62. The second-order valence-electron chi connectivity index (χ2n) is 6.15. The molecule has 25 heavy (non-hydrogen) atoms. The molecule has 0 fully saturated rings. The van der Waals surface area contributed by atoms with E-state index >= 15 is 0 Å². The Bertz CT molecular complexity index is 820. The highest BCUT2D eigenvalue weighted by Crippen LogP contribution is 2.21. The van der Waals surface area contributed by atoms with E-state index in [0.717, 1.165) is 16.9 Å². The zero-order chi connectivity index (χ0) is 17.8. The van der Waals surface area contributed by atoms with Gasteiger partial charge in [0.25, 0.3) is 5.91 Å². The zero-order valence-electron chi connectivity index (χ0n) is 14.5. The first-order valence-corrected chi connectivity index (χ1v) is 8.06. The normalized spacial score (nSPS) is 12.3. The van der Waals surface area contributed by atoms with Gasteiger partial charge in [-0.15, -0.1) is 0 Å². The number of aryl methyl sites for hydroxylation is 1. The average Bonchev–Trinajstić information content (AvgIpc) is 3.27. The summed E-state index contributed by atoms with van der Waals surface area (Å²) in [5, 5.41) is 6.76. The van der Waals surface area contributed by atoms with Crippen molar-refractivity contribution in [3.63, 3.8) is 0 Å². The van der Waals surface area contributed by atoms with Crippen LogP contribution < -0.4 is 5.32 Å². The molecule has 0 bridgehead atoms. The Kier molecular flexibility index (Phi) is 5.00. The van der Waals surface area contributed by atoms with Crippen molar-refractivity contribution in [2.45, 2.75) is 13.0 Å². The lowest BCUT2D eigenvalue weighted by Gasteiger charge is -2.22. The van der Waals surface area contributed by atoms with E-state index in [1.165, 1.54) is 0 Å². The van der Waals surface area contributed by atoms with Crippen molar-refractivity contribution in [2.75, 3.05) is 20.6 Å². The lowest BCUT2D eigenvalue weighted by molar-refractivity contribution is 0.0930. The lowest BCUT2D eigenvalue weighted by Crippen LogP contribution is -2.34. The van der Waals surface area contributed by atoms with Crippen LogP contribution in [0.4, 0.5) is 0 Å². The lowest BCUT2D eigenvalue weighted by atomic mass is 10.1. The monoisotopic (exact) mass is 339 g/mol. The number of aromatic nitrogens is 1. The summed E-state index contributed by atoms with van der Waals surface area (Å²) < 4.78 is 10.7. The molecule has 0 saturated carbocycles. The van der Waals surface area contributed by atoms with Gasteiger partial charge in [0.2, 0.25) is 0 Å². The topological polar surface area (TPSA) is 71.5 Å². The van der Waals surface area contributed by atoms with Gasteiger partial charge in [-0.3, -0.25) is 9.69 Å². The van der Waals surface area contributed by atoms with E-state index in [9.17, 15) is 4.79 Å². The fourth-order valence-electron chi connectivity index (χ4n) is 2.53. The summed E-state index contributed by atoms with van der Waals surface area (Å²) in [6, 6.07) is 13.2. The Morgan fingerprint density at radius 2 is 2.00 bits per heavy atom. The molecule has 2 heterocycles. The van der Waals surface area contributed by atoms with Crippen LogP contribution in [-0.2, 0) is 0 Å². The van der Waals surface area contributed by atoms with Crippen molar-refractivity contribution >= 4 is 5.91 Å². The Morgan fingerprint density at radius 3 is 2.64 bits per heavy atom. The summed E-state index contributed by atoms with van der Waals surface area (Å²) in [6.45, 7) is 2.43. The van der Waals surface area contributed by atoms with E-state index in [1.807, 2.05) is 62.3 Å². The predicted molar refractivity (Wildman–Crippen MR) is 94.1 cm³/mol. The smallest absolute Gasteiger partial charge is 0.273 e. The van der Waals surface area contributed by atoms with Gasteiger partial charge >= 0.3 is 0 Å². The molecule has 1 atom stereocenters. The summed E-state index contributed by atoms with van der Waals surface area (Å²) >= 11 is 0. The molecular formula is C19H21N3O3. The number of hydrogen-bond donors (Lipinski definition) is 1. The molecule has 6 heteroatoms. The van der Waals surface area contributed by atoms with Crippen molar-refractivity contribution in [2.24, 2.45) is 0 Å². The molecule has 1 unspecified atom stereocenters. The molecule has 1 N–H and O–H groups in total. The number of benzene rings is 1. The molecule has 130 valence electrons. The van der Waals surface area contributed by atoms with Crippen LogP contribution in [0.25, 0.3) is 11.3 Å². The van der Waals surface area contributed by atoms with Gasteiger partial charge in [-0.1, -0.05) is 35.0 Å². The van der Waals surface area contributed by atoms with Crippen LogP contribution in [0.5, 0.6) is 0 Å². The summed E-state index contributed by atoms with van der Waals surface area (Å²) in [5.74, 6) is 1.09. The summed E-state index contributed by atoms with van der Waals surface area (Å²) in [5.41, 5.74) is 2.31. The highest BCUT2D eigenvalue weighted by molar-refractivity contribution is 5.93. The maximum Gasteiger partial charge on any atom is 0.273 e. The van der Waals surface area contributed by atoms with Crippen molar-refractivity contribution in [1.29, 1.82) is 0 Å². The van der Waals surface area contributed by atoms with Crippen molar-refractivity contribution in [1.82, 2.24) is 15.4 Å². The van der Waals surface area contributed by atoms with Gasteiger partial charge in [-0.2, -0.15) is 0 Å². The minimum Gasteiger partial charge on any atom is -0.468 e. The molecule has 1 aromatic carbocycles. The molecular weight excluding hydrogens is 318 g/mol. The third-order valence-electron chi connectivity index (χ3n) is 4.03. The number of carbonyl (C=O) groups excluding carboxylic acids is 1. The van der Waals surface area contributed by atoms with Gasteiger partial charge in [0, 0.05) is 18.2 Å². The average molecular weight is 339 g/mol. The fourth-order valence-corrected chi connectivity index (χ4v) is 2.53. The molecule has 2 aromatic heterocycles. The number of amides is 1. The third-order valence-corrected chi connectivity index (χ3v) is 4.03. The number of hydrogen-bond acceptors (Lipinski definition) is 5. The number of rotatable bonds is 6. The Labute approximate surface area is 146 Å². The van der Waals surface area contributed by atoms with Crippen LogP contribution in [0.1, 0.15) is 27.9 Å². The molecule has 0 radical (unpaired) electrons. The number of nitrogens with zero attached hydrogens (tertiary/aromatic N) is 2. The van der Waals surface area contributed by atoms with E-state index in [4.69, 9.17) is 8.94 Å². The van der Waals surface area contributed by atoms with Gasteiger partial charge in [-0.05, 0) is 33.2 Å². The number of furan rings is 1. The largest absolute Gasteiger partial charge is 0.468 e. The zero-order valence-corrected chi connectivity index (χ0v) is 14.5. The van der Waals surface area contributed by atoms with Gasteiger partial charge in [0.05, 0.1) is 12.3 Å². The van der Waals surface area contributed by atoms with E-state index in [2.05, 4.69) is 10.5 Å². The van der Waals surface area contributed by atoms with Crippen LogP contribution in [0.3, 0.4) is 0 Å². The van der Waals surface area contributed by atoms with Crippen LogP contribution in [0.15, 0.2) is 57.7 Å². The predicted octanol–water partition coefficient (Wildman–Crippen LogP) is 3.28. The van der Waals surface area contributed by atoms with Gasteiger partial charge in [0.1, 0.15) is 5.76 Å². The van der Waals surface area contributed by atoms with Crippen molar-refractivity contribution < 1.29 is 13.7 Å². The molecule has 0 aliphatic heterocycles. The van der Waals surface area contributed by atoms with Crippen LogP contribution >= 0.6 is 0 Å². The molecule has 0 aliphatic carbocycles. The molecule has 6 nitrogen and oxygen atoms in total. The Hall–Kier alpha value is -2.86. The minimum atomic E-state index is -0.277. The SMILES string of the molecule is Cc1ccc(-c2cc(C(=O)NCC(c3ccco3)N(C)C)no2)cc1. The van der Waals surface area contributed by atoms with E-state index in [0.29, 0.717) is 12.3 Å². The fraction of sp³-hybridized carbons (Fsp3) is 0.263. The Morgan fingerprint density at radius 1 is 1.24 bits per heavy atom. The molecule has 0 aliphatic rings. The maximum absolute atomic E-state index is 12.4. The second-order valence-corrected chi connectivity index (χ2v) is 6.15.